The minimum atomic E-state index is -0.414. The van der Waals surface area contributed by atoms with Crippen LogP contribution in [0.4, 0.5) is 10.6 Å². The first-order valence-electron chi connectivity index (χ1n) is 17.2. The highest BCUT2D eigenvalue weighted by Crippen LogP contribution is 2.40. The second-order valence-corrected chi connectivity index (χ2v) is 15.4. The number of methoxy groups -OCH3 is 1. The average molecular weight is 684 g/mol. The molecule has 0 aliphatic heterocycles. The Morgan fingerprint density at radius 1 is 1.00 bits per heavy atom. The number of nitrogens with zero attached hydrogens (tertiary/aromatic N) is 6. The van der Waals surface area contributed by atoms with Crippen LogP contribution in [-0.2, 0) is 15.6 Å². The fourth-order valence-electron chi connectivity index (χ4n) is 6.57. The van der Waals surface area contributed by atoms with Gasteiger partial charge in [0, 0.05) is 36.1 Å². The summed E-state index contributed by atoms with van der Waals surface area (Å²) in [5.41, 5.74) is 2.65. The summed E-state index contributed by atoms with van der Waals surface area (Å²) in [6.45, 7) is 11.2. The predicted molar refractivity (Wildman–Crippen MR) is 191 cm³/mol. The third-order valence-corrected chi connectivity index (χ3v) is 9.80. The van der Waals surface area contributed by atoms with E-state index < -0.39 is 6.03 Å². The van der Waals surface area contributed by atoms with E-state index in [1.807, 2.05) is 81.9 Å². The van der Waals surface area contributed by atoms with Crippen molar-refractivity contribution in [3.8, 4) is 5.75 Å². The summed E-state index contributed by atoms with van der Waals surface area (Å²) < 4.78 is 14.0. The van der Waals surface area contributed by atoms with Crippen LogP contribution in [0.2, 0.25) is 0 Å². The lowest BCUT2D eigenvalue weighted by Gasteiger charge is -2.32. The average Bonchev–Trinajstić information content (AvgIpc) is 3.75. The Balaban J connectivity index is 1.16. The van der Waals surface area contributed by atoms with Gasteiger partial charge >= 0.3 is 6.03 Å². The fourth-order valence-corrected chi connectivity index (χ4v) is 6.57. The Morgan fingerprint density at radius 3 is 2.42 bits per heavy atom. The zero-order chi connectivity index (χ0) is 35.8. The van der Waals surface area contributed by atoms with Gasteiger partial charge in [-0.15, -0.1) is 10.2 Å². The Morgan fingerprint density at radius 2 is 1.74 bits per heavy atom. The predicted octanol–water partition coefficient (Wildman–Crippen LogP) is 5.34. The number of carbonyl (C=O) groups excluding carboxylic acids is 2. The summed E-state index contributed by atoms with van der Waals surface area (Å²) in [7, 11) is 5.72. The molecular weight excluding hydrogens is 634 g/mol. The molecule has 4 aromatic rings. The van der Waals surface area contributed by atoms with E-state index in [9.17, 15) is 9.59 Å². The zero-order valence-corrected chi connectivity index (χ0v) is 30.3. The molecule has 2 aliphatic carbocycles. The van der Waals surface area contributed by atoms with E-state index in [4.69, 9.17) is 9.47 Å². The summed E-state index contributed by atoms with van der Waals surface area (Å²) in [6.07, 6.45) is 5.12. The van der Waals surface area contributed by atoms with Crippen LogP contribution in [-0.4, -0.2) is 81.3 Å². The number of carbonyl (C=O) groups is 2. The maximum absolute atomic E-state index is 13.5. The number of likely N-dealkylation sites (N-methyl/N-ethyl adjacent to an activating group) is 1. The number of hydrogen-bond acceptors (Lipinski definition) is 9. The highest BCUT2D eigenvalue weighted by Gasteiger charge is 2.45. The number of urea groups is 1. The van der Waals surface area contributed by atoms with Crippen LogP contribution in [0.25, 0.3) is 5.65 Å². The van der Waals surface area contributed by atoms with Crippen molar-refractivity contribution in [2.24, 2.45) is 0 Å². The van der Waals surface area contributed by atoms with E-state index in [-0.39, 0.29) is 46.1 Å². The normalized spacial score (nSPS) is 18.4. The summed E-state index contributed by atoms with van der Waals surface area (Å²) in [5.74, 6) is 1.43. The maximum Gasteiger partial charge on any atom is 0.320 e. The Labute approximate surface area is 293 Å². The van der Waals surface area contributed by atoms with Gasteiger partial charge in [-0.1, -0.05) is 58.9 Å². The van der Waals surface area contributed by atoms with Crippen LogP contribution < -0.4 is 20.7 Å². The van der Waals surface area contributed by atoms with Gasteiger partial charge in [0.15, 0.2) is 5.65 Å². The van der Waals surface area contributed by atoms with Crippen molar-refractivity contribution < 1.29 is 19.1 Å². The summed E-state index contributed by atoms with van der Waals surface area (Å²) in [6, 6.07) is 12.9. The molecule has 0 saturated heterocycles. The number of amides is 3. The SMILES string of the molecule is COCC(C)(C)c1nnc2ccc(O[C@@H]3CC[C@H](NC(=O)Nc4cc(C(C)(C)C)nc(C(=O)NCC5(N(C)C)CC5)n4)c4ccccc43)cn12. The Kier molecular flexibility index (Phi) is 9.57. The molecular formula is C37H49N9O4. The van der Waals surface area contributed by atoms with Crippen molar-refractivity contribution in [1.29, 1.82) is 0 Å². The molecule has 0 radical (unpaired) electrons. The molecule has 0 spiro atoms. The van der Waals surface area contributed by atoms with Gasteiger partial charge in [-0.3, -0.25) is 14.5 Å². The summed E-state index contributed by atoms with van der Waals surface area (Å²) in [4.78, 5) is 37.8. The van der Waals surface area contributed by atoms with Gasteiger partial charge < -0.3 is 25.0 Å². The van der Waals surface area contributed by atoms with Crippen molar-refractivity contribution in [3.63, 3.8) is 0 Å². The van der Waals surface area contributed by atoms with Crippen molar-refractivity contribution in [1.82, 2.24) is 40.1 Å². The highest BCUT2D eigenvalue weighted by molar-refractivity contribution is 5.92. The second kappa shape index (κ2) is 13.6. The lowest BCUT2D eigenvalue weighted by Crippen LogP contribution is -2.42. The van der Waals surface area contributed by atoms with E-state index in [0.717, 1.165) is 35.4 Å². The first-order chi connectivity index (χ1) is 23.7. The number of anilines is 1. The van der Waals surface area contributed by atoms with Gasteiger partial charge in [0.25, 0.3) is 5.91 Å². The Bertz CT molecular complexity index is 1880. The summed E-state index contributed by atoms with van der Waals surface area (Å²) in [5, 5.41) is 17.8. The molecule has 0 bridgehead atoms. The molecule has 2 aliphatic rings. The molecule has 3 heterocycles. The van der Waals surface area contributed by atoms with Crippen molar-refractivity contribution in [2.75, 3.05) is 39.7 Å². The smallest absolute Gasteiger partial charge is 0.320 e. The molecule has 1 saturated carbocycles. The minimum absolute atomic E-state index is 0.0193. The van der Waals surface area contributed by atoms with Crippen LogP contribution in [0, 0.1) is 0 Å². The molecule has 50 heavy (non-hydrogen) atoms. The van der Waals surface area contributed by atoms with E-state index in [1.54, 1.807) is 13.2 Å². The molecule has 1 aromatic carbocycles. The lowest BCUT2D eigenvalue weighted by atomic mass is 9.85. The number of pyridine rings is 1. The van der Waals surface area contributed by atoms with Gasteiger partial charge in [0.2, 0.25) is 5.82 Å². The second-order valence-electron chi connectivity index (χ2n) is 15.4. The van der Waals surface area contributed by atoms with E-state index in [0.29, 0.717) is 37.4 Å². The number of ether oxygens (including phenoxy) is 2. The maximum atomic E-state index is 13.5. The molecule has 6 rings (SSSR count). The zero-order valence-electron chi connectivity index (χ0n) is 30.3. The largest absolute Gasteiger partial charge is 0.484 e. The first kappa shape index (κ1) is 35.2. The van der Waals surface area contributed by atoms with Gasteiger partial charge in [-0.25, -0.2) is 14.8 Å². The van der Waals surface area contributed by atoms with Gasteiger partial charge in [0.05, 0.1) is 24.5 Å². The Hall–Kier alpha value is -4.62. The molecule has 0 unspecified atom stereocenters. The quantitative estimate of drug-likeness (QED) is 0.191. The van der Waals surface area contributed by atoms with Crippen molar-refractivity contribution in [2.45, 2.75) is 88.8 Å². The number of fused-ring (bicyclic) bond motifs is 2. The number of benzene rings is 1. The standard InChI is InChI=1S/C37H49N9O4/c1-35(2,3)28-19-29(41-31(40-28)32(47)38-21-37(17-18-37)45(6)7)42-34(48)39-26-14-15-27(25-12-10-9-11-24(25)26)50-23-13-16-30-43-44-33(46(30)20-23)36(4,5)22-49-8/h9-13,16,19-20,26-27H,14-15,17-18,21-22H2,1-8H3,(H,38,47)(H2,39,40,41,42,48)/t26-,27+/m0/s1. The van der Waals surface area contributed by atoms with Crippen LogP contribution >= 0.6 is 0 Å². The number of aromatic nitrogens is 5. The molecule has 13 nitrogen and oxygen atoms in total. The van der Waals surface area contributed by atoms with E-state index in [1.165, 1.54) is 0 Å². The number of hydrogen-bond donors (Lipinski definition) is 3. The van der Waals surface area contributed by atoms with Crippen LogP contribution in [0.5, 0.6) is 5.75 Å². The van der Waals surface area contributed by atoms with E-state index >= 15 is 0 Å². The topological polar surface area (TPSA) is 148 Å². The number of rotatable bonds is 11. The molecule has 3 amide bonds. The minimum Gasteiger partial charge on any atom is -0.484 e. The van der Waals surface area contributed by atoms with Gasteiger partial charge in [-0.2, -0.15) is 0 Å². The molecule has 13 heteroatoms. The highest BCUT2D eigenvalue weighted by atomic mass is 16.5. The number of nitrogens with one attached hydrogen (secondary N) is 3. The molecule has 266 valence electrons. The lowest BCUT2D eigenvalue weighted by molar-refractivity contribution is 0.0927. The van der Waals surface area contributed by atoms with Crippen LogP contribution in [0.3, 0.4) is 0 Å². The molecule has 3 aromatic heterocycles. The van der Waals surface area contributed by atoms with Crippen LogP contribution in [0.15, 0.2) is 48.7 Å². The van der Waals surface area contributed by atoms with E-state index in [2.05, 4.69) is 54.9 Å². The third kappa shape index (κ3) is 7.43. The van der Waals surface area contributed by atoms with Gasteiger partial charge in [-0.05, 0) is 63.0 Å². The molecule has 1 fully saturated rings. The fraction of sp³-hybridized carbons (Fsp3) is 0.514. The molecule has 2 atom stereocenters. The molecule has 3 N–H and O–H groups in total. The van der Waals surface area contributed by atoms with Crippen molar-refractivity contribution in [3.05, 3.63) is 77.1 Å². The first-order valence-corrected chi connectivity index (χ1v) is 17.2. The monoisotopic (exact) mass is 683 g/mol. The third-order valence-electron chi connectivity index (χ3n) is 9.80. The van der Waals surface area contributed by atoms with Crippen molar-refractivity contribution >= 4 is 23.4 Å². The summed E-state index contributed by atoms with van der Waals surface area (Å²) >= 11 is 0. The van der Waals surface area contributed by atoms with Crippen LogP contribution in [0.1, 0.15) is 106 Å². The van der Waals surface area contributed by atoms with Gasteiger partial charge in [0.1, 0.15) is 23.5 Å².